The average Bonchev–Trinajstić information content (AvgIpc) is 2.94. The highest BCUT2D eigenvalue weighted by Gasteiger charge is 2.27. The van der Waals surface area contributed by atoms with Gasteiger partial charge < -0.3 is 10.0 Å². The molecule has 88 valence electrons. The van der Waals surface area contributed by atoms with E-state index in [2.05, 4.69) is 10.2 Å². The molecule has 1 amide bonds. The van der Waals surface area contributed by atoms with Crippen LogP contribution in [0.4, 0.5) is 0 Å². The molecular weight excluding hydrogens is 218 g/mol. The van der Waals surface area contributed by atoms with Crippen molar-refractivity contribution in [3.63, 3.8) is 0 Å². The van der Waals surface area contributed by atoms with Gasteiger partial charge in [-0.05, 0) is 12.5 Å². The molecular formula is C12H13N3O2. The minimum Gasteiger partial charge on any atom is -0.391 e. The predicted octanol–water partition coefficient (Wildman–Crippen LogP) is 0.770. The van der Waals surface area contributed by atoms with E-state index in [1.165, 1.54) is 0 Å². The lowest BCUT2D eigenvalue weighted by Crippen LogP contribution is -2.29. The van der Waals surface area contributed by atoms with Crippen molar-refractivity contribution in [2.24, 2.45) is 0 Å². The summed E-state index contributed by atoms with van der Waals surface area (Å²) < 4.78 is 0. The minimum absolute atomic E-state index is 0.112. The second kappa shape index (κ2) is 3.85. The number of aliphatic hydroxyl groups excluding tert-OH is 1. The average molecular weight is 231 g/mol. The van der Waals surface area contributed by atoms with E-state index in [1.807, 2.05) is 24.3 Å². The van der Waals surface area contributed by atoms with Crippen molar-refractivity contribution >= 4 is 16.8 Å². The summed E-state index contributed by atoms with van der Waals surface area (Å²) in [6.45, 7) is 1.00. The number of carbonyl (C=O) groups is 1. The van der Waals surface area contributed by atoms with Crippen molar-refractivity contribution in [2.45, 2.75) is 12.5 Å². The van der Waals surface area contributed by atoms with Crippen LogP contribution < -0.4 is 0 Å². The minimum atomic E-state index is -0.399. The Balaban J connectivity index is 1.96. The summed E-state index contributed by atoms with van der Waals surface area (Å²) in [5, 5.41) is 17.2. The third-order valence-corrected chi connectivity index (χ3v) is 3.12. The first-order chi connectivity index (χ1) is 8.25. The van der Waals surface area contributed by atoms with Gasteiger partial charge in [-0.2, -0.15) is 5.10 Å². The summed E-state index contributed by atoms with van der Waals surface area (Å²) in [4.78, 5) is 13.8. The molecule has 1 saturated heterocycles. The lowest BCUT2D eigenvalue weighted by atomic mass is 10.2. The molecule has 1 aliphatic rings. The number of hydrogen-bond acceptors (Lipinski definition) is 3. The first-order valence-electron chi connectivity index (χ1n) is 5.66. The fourth-order valence-electron chi connectivity index (χ4n) is 2.20. The van der Waals surface area contributed by atoms with Crippen LogP contribution in [0.15, 0.2) is 24.3 Å². The molecule has 0 spiro atoms. The van der Waals surface area contributed by atoms with Crippen molar-refractivity contribution in [3.05, 3.63) is 30.0 Å². The molecule has 0 saturated carbocycles. The molecule has 0 aliphatic carbocycles. The van der Waals surface area contributed by atoms with E-state index in [0.717, 1.165) is 10.9 Å². The van der Waals surface area contributed by atoms with Gasteiger partial charge in [-0.3, -0.25) is 9.89 Å². The van der Waals surface area contributed by atoms with E-state index in [4.69, 9.17) is 0 Å². The van der Waals surface area contributed by atoms with Gasteiger partial charge in [-0.15, -0.1) is 0 Å². The lowest BCUT2D eigenvalue weighted by molar-refractivity contribution is 0.0761. The van der Waals surface area contributed by atoms with E-state index in [-0.39, 0.29) is 5.91 Å². The number of hydrogen-bond donors (Lipinski definition) is 2. The Morgan fingerprint density at radius 3 is 3.06 bits per heavy atom. The van der Waals surface area contributed by atoms with Crippen LogP contribution in [0.3, 0.4) is 0 Å². The Labute approximate surface area is 98.0 Å². The fourth-order valence-corrected chi connectivity index (χ4v) is 2.20. The van der Waals surface area contributed by atoms with Crippen LogP contribution >= 0.6 is 0 Å². The van der Waals surface area contributed by atoms with Gasteiger partial charge in [0.05, 0.1) is 11.6 Å². The number of amides is 1. The molecule has 0 radical (unpaired) electrons. The molecule has 2 aromatic rings. The predicted molar refractivity (Wildman–Crippen MR) is 62.6 cm³/mol. The summed E-state index contributed by atoms with van der Waals surface area (Å²) in [6.07, 6.45) is 0.248. The zero-order valence-electron chi connectivity index (χ0n) is 9.26. The Kier molecular flexibility index (Phi) is 2.33. The van der Waals surface area contributed by atoms with Gasteiger partial charge in [0.15, 0.2) is 5.69 Å². The molecule has 0 unspecified atom stereocenters. The zero-order chi connectivity index (χ0) is 11.8. The van der Waals surface area contributed by atoms with Crippen molar-refractivity contribution in [1.82, 2.24) is 15.1 Å². The summed E-state index contributed by atoms with van der Waals surface area (Å²) in [7, 11) is 0. The van der Waals surface area contributed by atoms with Crippen molar-refractivity contribution in [1.29, 1.82) is 0 Å². The van der Waals surface area contributed by atoms with E-state index in [0.29, 0.717) is 25.2 Å². The number of aliphatic hydroxyl groups is 1. The second-order valence-corrected chi connectivity index (χ2v) is 4.31. The normalized spacial score (nSPS) is 20.1. The van der Waals surface area contributed by atoms with E-state index in [9.17, 15) is 9.90 Å². The van der Waals surface area contributed by atoms with Gasteiger partial charge in [0.1, 0.15) is 0 Å². The zero-order valence-corrected chi connectivity index (χ0v) is 9.26. The number of para-hydroxylation sites is 1. The van der Waals surface area contributed by atoms with Gasteiger partial charge >= 0.3 is 0 Å². The smallest absolute Gasteiger partial charge is 0.275 e. The van der Waals surface area contributed by atoms with Crippen LogP contribution in [-0.4, -0.2) is 45.3 Å². The highest BCUT2D eigenvalue weighted by atomic mass is 16.3. The van der Waals surface area contributed by atoms with E-state index >= 15 is 0 Å². The van der Waals surface area contributed by atoms with Gasteiger partial charge in [0, 0.05) is 18.5 Å². The van der Waals surface area contributed by atoms with Crippen LogP contribution in [0.1, 0.15) is 16.9 Å². The van der Waals surface area contributed by atoms with Crippen molar-refractivity contribution in [3.8, 4) is 0 Å². The molecule has 0 bridgehead atoms. The molecule has 5 heteroatoms. The van der Waals surface area contributed by atoms with Crippen LogP contribution in [0.25, 0.3) is 10.9 Å². The highest BCUT2D eigenvalue weighted by Crippen LogP contribution is 2.19. The first-order valence-corrected chi connectivity index (χ1v) is 5.66. The number of nitrogens with zero attached hydrogens (tertiary/aromatic N) is 2. The molecule has 1 aromatic carbocycles. The first kappa shape index (κ1) is 10.3. The number of β-amino-alcohol motifs (C(OH)–C–C–N with tert-alkyl or cyclic N) is 1. The Morgan fingerprint density at radius 1 is 1.47 bits per heavy atom. The number of aromatic amines is 1. The molecule has 1 atom stereocenters. The quantitative estimate of drug-likeness (QED) is 0.761. The topological polar surface area (TPSA) is 69.2 Å². The number of nitrogens with one attached hydrogen (secondary N) is 1. The molecule has 1 aromatic heterocycles. The summed E-state index contributed by atoms with van der Waals surface area (Å²) in [5.74, 6) is -0.112. The molecule has 17 heavy (non-hydrogen) atoms. The van der Waals surface area contributed by atoms with Crippen LogP contribution in [0.2, 0.25) is 0 Å². The molecule has 5 nitrogen and oxygen atoms in total. The summed E-state index contributed by atoms with van der Waals surface area (Å²) in [5.41, 5.74) is 1.30. The number of H-pyrrole nitrogens is 1. The molecule has 1 aliphatic heterocycles. The highest BCUT2D eigenvalue weighted by molar-refractivity contribution is 6.04. The summed E-state index contributed by atoms with van der Waals surface area (Å²) in [6, 6.07) is 7.54. The maximum Gasteiger partial charge on any atom is 0.275 e. The Bertz CT molecular complexity index is 564. The third kappa shape index (κ3) is 1.68. The number of carbonyl (C=O) groups excluding carboxylic acids is 1. The molecule has 2 N–H and O–H groups in total. The van der Waals surface area contributed by atoms with Crippen molar-refractivity contribution < 1.29 is 9.90 Å². The number of benzene rings is 1. The van der Waals surface area contributed by atoms with E-state index in [1.54, 1.807) is 4.90 Å². The number of fused-ring (bicyclic) bond motifs is 1. The van der Waals surface area contributed by atoms with Crippen LogP contribution in [-0.2, 0) is 0 Å². The number of likely N-dealkylation sites (tertiary alicyclic amines) is 1. The maximum atomic E-state index is 12.2. The Morgan fingerprint density at radius 2 is 2.29 bits per heavy atom. The monoisotopic (exact) mass is 231 g/mol. The molecule has 1 fully saturated rings. The van der Waals surface area contributed by atoms with Gasteiger partial charge in [0.25, 0.3) is 5.91 Å². The lowest BCUT2D eigenvalue weighted by Gasteiger charge is -2.13. The van der Waals surface area contributed by atoms with Gasteiger partial charge in [-0.25, -0.2) is 0 Å². The maximum absolute atomic E-state index is 12.2. The Hall–Kier alpha value is -1.88. The SMILES string of the molecule is O=C(c1n[nH]c2ccccc12)N1CC[C@@H](O)C1. The number of aromatic nitrogens is 2. The van der Waals surface area contributed by atoms with Crippen LogP contribution in [0, 0.1) is 0 Å². The van der Waals surface area contributed by atoms with Crippen LogP contribution in [0.5, 0.6) is 0 Å². The van der Waals surface area contributed by atoms with Gasteiger partial charge in [-0.1, -0.05) is 18.2 Å². The van der Waals surface area contributed by atoms with E-state index < -0.39 is 6.10 Å². The third-order valence-electron chi connectivity index (χ3n) is 3.12. The standard InChI is InChI=1S/C12H13N3O2/c16-8-5-6-15(7-8)12(17)11-9-3-1-2-4-10(9)13-14-11/h1-4,8,16H,5-7H2,(H,13,14)/t8-/m1/s1. The second-order valence-electron chi connectivity index (χ2n) is 4.31. The number of rotatable bonds is 1. The molecule has 2 heterocycles. The van der Waals surface area contributed by atoms with Crippen molar-refractivity contribution in [2.75, 3.05) is 13.1 Å². The fraction of sp³-hybridized carbons (Fsp3) is 0.333. The van der Waals surface area contributed by atoms with Gasteiger partial charge in [0.2, 0.25) is 0 Å². The molecule has 3 rings (SSSR count). The summed E-state index contributed by atoms with van der Waals surface area (Å²) >= 11 is 0. The largest absolute Gasteiger partial charge is 0.391 e.